The molecule has 1 aromatic rings. The van der Waals surface area contributed by atoms with Crippen LogP contribution in [0.25, 0.3) is 0 Å². The van der Waals surface area contributed by atoms with Crippen molar-refractivity contribution in [1.29, 1.82) is 0 Å². The van der Waals surface area contributed by atoms with Gasteiger partial charge in [0, 0.05) is 39.4 Å². The number of pyridine rings is 1. The van der Waals surface area contributed by atoms with Gasteiger partial charge in [-0.05, 0) is 12.1 Å². The molecule has 0 spiro atoms. The summed E-state index contributed by atoms with van der Waals surface area (Å²) >= 11 is 0. The van der Waals surface area contributed by atoms with Gasteiger partial charge >= 0.3 is 0 Å². The third-order valence-electron chi connectivity index (χ3n) is 3.45. The van der Waals surface area contributed by atoms with Crippen LogP contribution in [0.3, 0.4) is 0 Å². The molecule has 1 fully saturated rings. The lowest BCUT2D eigenvalue weighted by Crippen LogP contribution is -2.51. The van der Waals surface area contributed by atoms with E-state index in [0.717, 1.165) is 18.9 Å². The van der Waals surface area contributed by atoms with Crippen LogP contribution in [-0.2, 0) is 9.59 Å². The maximum absolute atomic E-state index is 12.0. The number of nitrogens with one attached hydrogen (secondary N) is 2. The largest absolute Gasteiger partial charge is 0.358 e. The molecule has 0 atom stereocenters. The summed E-state index contributed by atoms with van der Waals surface area (Å²) in [7, 11) is 1.57. The minimum absolute atomic E-state index is 0.0274. The molecule has 0 radical (unpaired) electrons. The molecular formula is C14H21N5O2. The summed E-state index contributed by atoms with van der Waals surface area (Å²) in [6.45, 7) is 3.26. The van der Waals surface area contributed by atoms with Gasteiger partial charge < -0.3 is 15.1 Å². The normalized spacial score (nSPS) is 14.9. The van der Waals surface area contributed by atoms with E-state index in [1.54, 1.807) is 13.2 Å². The summed E-state index contributed by atoms with van der Waals surface area (Å²) in [6, 6.07) is 5.83. The second-order valence-electron chi connectivity index (χ2n) is 4.83. The number of nitrogens with zero attached hydrogens (tertiary/aromatic N) is 3. The molecular weight excluding hydrogens is 270 g/mol. The number of carbonyl (C=O) groups is 2. The minimum Gasteiger partial charge on any atom is -0.358 e. The number of carbonyl (C=O) groups excluding carboxylic acids is 2. The van der Waals surface area contributed by atoms with Crippen molar-refractivity contribution in [1.82, 2.24) is 20.5 Å². The molecule has 1 saturated heterocycles. The van der Waals surface area contributed by atoms with Gasteiger partial charge in [-0.2, -0.15) is 0 Å². The van der Waals surface area contributed by atoms with Crippen LogP contribution in [0.2, 0.25) is 0 Å². The maximum atomic E-state index is 12.0. The number of aromatic nitrogens is 1. The molecule has 2 amide bonds. The van der Waals surface area contributed by atoms with Crippen LogP contribution >= 0.6 is 0 Å². The fraction of sp³-hybridized carbons (Fsp3) is 0.500. The van der Waals surface area contributed by atoms with Gasteiger partial charge in [-0.15, -0.1) is 0 Å². The van der Waals surface area contributed by atoms with Crippen molar-refractivity contribution in [3.8, 4) is 0 Å². The molecule has 0 saturated carbocycles. The van der Waals surface area contributed by atoms with Crippen LogP contribution in [0.1, 0.15) is 0 Å². The first-order valence-corrected chi connectivity index (χ1v) is 7.06. The van der Waals surface area contributed by atoms with Crippen LogP contribution in [0.5, 0.6) is 0 Å². The Morgan fingerprint density at radius 3 is 2.57 bits per heavy atom. The average Bonchev–Trinajstić information content (AvgIpc) is 2.55. The van der Waals surface area contributed by atoms with Gasteiger partial charge in [0.1, 0.15) is 5.82 Å². The van der Waals surface area contributed by atoms with E-state index in [9.17, 15) is 9.59 Å². The molecule has 0 aromatic carbocycles. The van der Waals surface area contributed by atoms with E-state index in [-0.39, 0.29) is 24.9 Å². The van der Waals surface area contributed by atoms with Gasteiger partial charge in [0.2, 0.25) is 11.8 Å². The zero-order chi connectivity index (χ0) is 15.1. The van der Waals surface area contributed by atoms with Gasteiger partial charge in [-0.3, -0.25) is 14.9 Å². The highest BCUT2D eigenvalue weighted by Gasteiger charge is 2.21. The quantitative estimate of drug-likeness (QED) is 0.732. The summed E-state index contributed by atoms with van der Waals surface area (Å²) < 4.78 is 0. The molecule has 0 bridgehead atoms. The Labute approximate surface area is 124 Å². The molecule has 7 nitrogen and oxygen atoms in total. The zero-order valence-corrected chi connectivity index (χ0v) is 12.2. The Balaban J connectivity index is 1.73. The number of hydrogen-bond donors (Lipinski definition) is 2. The Hall–Kier alpha value is -2.15. The lowest BCUT2D eigenvalue weighted by molar-refractivity contribution is -0.130. The second kappa shape index (κ2) is 7.58. The molecule has 2 N–H and O–H groups in total. The predicted molar refractivity (Wildman–Crippen MR) is 80.0 cm³/mol. The number of hydrogen-bond acceptors (Lipinski definition) is 5. The van der Waals surface area contributed by atoms with E-state index in [2.05, 4.69) is 20.5 Å². The lowest BCUT2D eigenvalue weighted by Gasteiger charge is -2.35. The van der Waals surface area contributed by atoms with Crippen molar-refractivity contribution in [2.75, 3.05) is 51.2 Å². The second-order valence-corrected chi connectivity index (χ2v) is 4.83. The van der Waals surface area contributed by atoms with Gasteiger partial charge in [-0.1, -0.05) is 6.07 Å². The number of amides is 2. The topological polar surface area (TPSA) is 77.6 Å². The number of likely N-dealkylation sites (N-methyl/N-ethyl adjacent to an activating group) is 1. The van der Waals surface area contributed by atoms with E-state index >= 15 is 0 Å². The zero-order valence-electron chi connectivity index (χ0n) is 12.2. The monoisotopic (exact) mass is 291 g/mol. The van der Waals surface area contributed by atoms with Gasteiger partial charge in [-0.25, -0.2) is 4.98 Å². The Morgan fingerprint density at radius 1 is 1.19 bits per heavy atom. The van der Waals surface area contributed by atoms with Crippen molar-refractivity contribution in [3.63, 3.8) is 0 Å². The first-order chi connectivity index (χ1) is 10.2. The summed E-state index contributed by atoms with van der Waals surface area (Å²) in [5.74, 6) is 0.852. The fourth-order valence-electron chi connectivity index (χ4n) is 2.21. The molecule has 2 rings (SSSR count). The lowest BCUT2D eigenvalue weighted by atomic mass is 10.3. The molecule has 2 heterocycles. The van der Waals surface area contributed by atoms with Crippen LogP contribution in [-0.4, -0.2) is 68.0 Å². The molecule has 114 valence electrons. The number of anilines is 1. The van der Waals surface area contributed by atoms with E-state index < -0.39 is 0 Å². The minimum atomic E-state index is -0.122. The van der Waals surface area contributed by atoms with Crippen molar-refractivity contribution >= 4 is 17.6 Å². The van der Waals surface area contributed by atoms with E-state index in [4.69, 9.17) is 0 Å². The predicted octanol–water partition coefficient (Wildman–Crippen LogP) is -0.934. The van der Waals surface area contributed by atoms with Crippen molar-refractivity contribution in [2.24, 2.45) is 0 Å². The third-order valence-corrected chi connectivity index (χ3v) is 3.45. The SMILES string of the molecule is CNC(=O)CNCC(=O)N1CCN(c2ccccn2)CC1. The van der Waals surface area contributed by atoms with Gasteiger partial charge in [0.15, 0.2) is 0 Å². The standard InChI is InChI=1S/C14H21N5O2/c1-15-13(20)10-16-11-14(21)19-8-6-18(7-9-19)12-4-2-3-5-17-12/h2-5,16H,6-11H2,1H3,(H,15,20). The van der Waals surface area contributed by atoms with Crippen LogP contribution in [0, 0.1) is 0 Å². The maximum Gasteiger partial charge on any atom is 0.236 e. The summed E-state index contributed by atoms with van der Waals surface area (Å²) in [4.78, 5) is 31.4. The summed E-state index contributed by atoms with van der Waals surface area (Å²) in [5, 5.41) is 5.35. The molecule has 1 aliphatic rings. The highest BCUT2D eigenvalue weighted by Crippen LogP contribution is 2.12. The molecule has 0 aliphatic carbocycles. The summed E-state index contributed by atoms with van der Waals surface area (Å²) in [5.41, 5.74) is 0. The van der Waals surface area contributed by atoms with E-state index in [0.29, 0.717) is 13.1 Å². The molecule has 1 aromatic heterocycles. The van der Waals surface area contributed by atoms with Crippen molar-refractivity contribution < 1.29 is 9.59 Å². The number of piperazine rings is 1. The Bertz CT molecular complexity index is 472. The van der Waals surface area contributed by atoms with Gasteiger partial charge in [0.05, 0.1) is 13.1 Å². The summed E-state index contributed by atoms with van der Waals surface area (Å²) in [6.07, 6.45) is 1.77. The average molecular weight is 291 g/mol. The Morgan fingerprint density at radius 2 is 1.95 bits per heavy atom. The van der Waals surface area contributed by atoms with Gasteiger partial charge in [0.25, 0.3) is 0 Å². The third kappa shape index (κ3) is 4.42. The highest BCUT2D eigenvalue weighted by atomic mass is 16.2. The molecule has 0 unspecified atom stereocenters. The highest BCUT2D eigenvalue weighted by molar-refractivity contribution is 5.81. The Kier molecular flexibility index (Phi) is 5.51. The smallest absolute Gasteiger partial charge is 0.236 e. The van der Waals surface area contributed by atoms with E-state index in [1.165, 1.54) is 0 Å². The number of rotatable bonds is 5. The van der Waals surface area contributed by atoms with Crippen LogP contribution in [0.4, 0.5) is 5.82 Å². The van der Waals surface area contributed by atoms with E-state index in [1.807, 2.05) is 23.1 Å². The van der Waals surface area contributed by atoms with Crippen LogP contribution in [0.15, 0.2) is 24.4 Å². The van der Waals surface area contributed by atoms with Crippen molar-refractivity contribution in [3.05, 3.63) is 24.4 Å². The first kappa shape index (κ1) is 15.2. The molecule has 21 heavy (non-hydrogen) atoms. The molecule has 1 aliphatic heterocycles. The first-order valence-electron chi connectivity index (χ1n) is 7.06. The van der Waals surface area contributed by atoms with Crippen molar-refractivity contribution in [2.45, 2.75) is 0 Å². The fourth-order valence-corrected chi connectivity index (χ4v) is 2.21. The van der Waals surface area contributed by atoms with Crippen LogP contribution < -0.4 is 15.5 Å². The molecule has 7 heteroatoms.